The van der Waals surface area contributed by atoms with Gasteiger partial charge in [0.1, 0.15) is 0 Å². The molecule has 0 amide bonds. The van der Waals surface area contributed by atoms with Gasteiger partial charge in [-0.2, -0.15) is 0 Å². The maximum absolute atomic E-state index is 10.7. The van der Waals surface area contributed by atoms with Crippen molar-refractivity contribution in [2.24, 2.45) is 17.3 Å². The molecule has 16 heavy (non-hydrogen) atoms. The Bertz CT molecular complexity index is 217. The van der Waals surface area contributed by atoms with Crippen molar-refractivity contribution in [2.75, 3.05) is 0 Å². The van der Waals surface area contributed by atoms with Crippen LogP contribution in [0.4, 0.5) is 0 Å². The Morgan fingerprint density at radius 2 is 1.88 bits per heavy atom. The normalized spacial score (nSPS) is 36.2. The molecule has 2 aliphatic carbocycles. The molecule has 0 radical (unpaired) electrons. The molecule has 2 fully saturated rings. The molecular formula is C15H28O. The molecule has 94 valence electrons. The molecule has 0 aromatic rings. The van der Waals surface area contributed by atoms with Crippen molar-refractivity contribution in [3.05, 3.63) is 0 Å². The van der Waals surface area contributed by atoms with E-state index in [0.717, 1.165) is 5.92 Å². The Balaban J connectivity index is 2.01. The molecular weight excluding hydrogens is 196 g/mol. The number of aliphatic hydroxyl groups excluding tert-OH is 1. The van der Waals surface area contributed by atoms with E-state index in [1.54, 1.807) is 0 Å². The molecule has 1 nitrogen and oxygen atoms in total. The van der Waals surface area contributed by atoms with Gasteiger partial charge in [0, 0.05) is 0 Å². The molecule has 1 heteroatoms. The second kappa shape index (κ2) is 5.08. The summed E-state index contributed by atoms with van der Waals surface area (Å²) in [7, 11) is 0. The van der Waals surface area contributed by atoms with Crippen LogP contribution in [0.5, 0.6) is 0 Å². The van der Waals surface area contributed by atoms with Gasteiger partial charge in [-0.3, -0.25) is 0 Å². The number of hydrogen-bond donors (Lipinski definition) is 1. The van der Waals surface area contributed by atoms with Crippen LogP contribution >= 0.6 is 0 Å². The van der Waals surface area contributed by atoms with E-state index in [-0.39, 0.29) is 6.10 Å². The zero-order valence-corrected chi connectivity index (χ0v) is 11.0. The van der Waals surface area contributed by atoms with Crippen LogP contribution < -0.4 is 0 Å². The Hall–Kier alpha value is -0.0400. The summed E-state index contributed by atoms with van der Waals surface area (Å²) in [6.45, 7) is 4.63. The molecule has 0 heterocycles. The van der Waals surface area contributed by atoms with Crippen molar-refractivity contribution in [2.45, 2.75) is 77.7 Å². The molecule has 1 N–H and O–H groups in total. The van der Waals surface area contributed by atoms with Crippen LogP contribution in [0.3, 0.4) is 0 Å². The molecule has 3 unspecified atom stereocenters. The third kappa shape index (κ3) is 2.30. The van der Waals surface area contributed by atoms with Crippen molar-refractivity contribution >= 4 is 0 Å². The van der Waals surface area contributed by atoms with Crippen LogP contribution in [0, 0.1) is 17.3 Å². The van der Waals surface area contributed by atoms with E-state index in [1.165, 1.54) is 57.8 Å². The molecule has 0 bridgehead atoms. The minimum absolute atomic E-state index is 0.0113. The highest BCUT2D eigenvalue weighted by Gasteiger charge is 2.43. The molecule has 2 saturated carbocycles. The highest BCUT2D eigenvalue weighted by molar-refractivity contribution is 4.94. The van der Waals surface area contributed by atoms with Gasteiger partial charge < -0.3 is 5.11 Å². The Labute approximate surface area is 101 Å². The van der Waals surface area contributed by atoms with Crippen LogP contribution in [0.25, 0.3) is 0 Å². The predicted octanol–water partition coefficient (Wildman–Crippen LogP) is 4.14. The first-order chi connectivity index (χ1) is 7.68. The average molecular weight is 224 g/mol. The molecule has 0 saturated heterocycles. The van der Waals surface area contributed by atoms with Crippen LogP contribution in [-0.2, 0) is 0 Å². The summed E-state index contributed by atoms with van der Waals surface area (Å²) in [5.74, 6) is 1.44. The second-order valence-electron chi connectivity index (χ2n) is 6.40. The van der Waals surface area contributed by atoms with Gasteiger partial charge in [0.05, 0.1) is 6.10 Å². The maximum Gasteiger partial charge on any atom is 0.0624 e. The lowest BCUT2D eigenvalue weighted by Crippen LogP contribution is -2.40. The van der Waals surface area contributed by atoms with Crippen LogP contribution in [0.15, 0.2) is 0 Å². The largest absolute Gasteiger partial charge is 0.392 e. The standard InChI is InChI=1S/C15H28O/c1-3-15(9-4-5-10-15)14(16)13-8-6-7-12(2)11-13/h12-14,16H,3-11H2,1-2H3. The SMILES string of the molecule is CCC1(C(O)C2CCCC(C)C2)CCCC1. The fourth-order valence-corrected chi connectivity index (χ4v) is 4.21. The van der Waals surface area contributed by atoms with E-state index in [1.807, 2.05) is 0 Å². The monoisotopic (exact) mass is 224 g/mol. The summed E-state index contributed by atoms with van der Waals surface area (Å²) in [5.41, 5.74) is 0.293. The summed E-state index contributed by atoms with van der Waals surface area (Å²) < 4.78 is 0. The molecule has 0 aromatic heterocycles. The number of rotatable bonds is 3. The van der Waals surface area contributed by atoms with Gasteiger partial charge in [0.25, 0.3) is 0 Å². The number of hydrogen-bond acceptors (Lipinski definition) is 1. The van der Waals surface area contributed by atoms with Gasteiger partial charge in [0.2, 0.25) is 0 Å². The Morgan fingerprint density at radius 3 is 2.44 bits per heavy atom. The van der Waals surface area contributed by atoms with Gasteiger partial charge in [-0.1, -0.05) is 39.5 Å². The minimum Gasteiger partial charge on any atom is -0.392 e. The highest BCUT2D eigenvalue weighted by Crippen LogP contribution is 2.48. The molecule has 0 aliphatic heterocycles. The van der Waals surface area contributed by atoms with Gasteiger partial charge in [-0.05, 0) is 49.4 Å². The van der Waals surface area contributed by atoms with Crippen molar-refractivity contribution in [3.8, 4) is 0 Å². The van der Waals surface area contributed by atoms with Gasteiger partial charge in [-0.15, -0.1) is 0 Å². The quantitative estimate of drug-likeness (QED) is 0.763. The Morgan fingerprint density at radius 1 is 1.19 bits per heavy atom. The first-order valence-electron chi connectivity index (χ1n) is 7.36. The van der Waals surface area contributed by atoms with Crippen molar-refractivity contribution in [1.29, 1.82) is 0 Å². The lowest BCUT2D eigenvalue weighted by molar-refractivity contribution is -0.0363. The van der Waals surface area contributed by atoms with E-state index in [2.05, 4.69) is 13.8 Å². The first-order valence-corrected chi connectivity index (χ1v) is 7.36. The fourth-order valence-electron chi connectivity index (χ4n) is 4.21. The Kier molecular flexibility index (Phi) is 3.94. The average Bonchev–Trinajstić information content (AvgIpc) is 2.78. The molecule has 3 atom stereocenters. The lowest BCUT2D eigenvalue weighted by Gasteiger charge is -2.41. The third-order valence-electron chi connectivity index (χ3n) is 5.35. The van der Waals surface area contributed by atoms with Crippen molar-refractivity contribution < 1.29 is 5.11 Å². The number of aliphatic hydroxyl groups is 1. The lowest BCUT2D eigenvalue weighted by atomic mass is 9.68. The van der Waals surface area contributed by atoms with Crippen LogP contribution in [-0.4, -0.2) is 11.2 Å². The summed E-state index contributed by atoms with van der Waals surface area (Å²) >= 11 is 0. The van der Waals surface area contributed by atoms with Crippen LogP contribution in [0.1, 0.15) is 71.6 Å². The molecule has 0 aromatic carbocycles. The van der Waals surface area contributed by atoms with E-state index in [9.17, 15) is 5.11 Å². The van der Waals surface area contributed by atoms with Crippen LogP contribution in [0.2, 0.25) is 0 Å². The third-order valence-corrected chi connectivity index (χ3v) is 5.35. The van der Waals surface area contributed by atoms with E-state index < -0.39 is 0 Å². The molecule has 2 aliphatic rings. The topological polar surface area (TPSA) is 20.2 Å². The first kappa shape index (κ1) is 12.4. The van der Waals surface area contributed by atoms with Gasteiger partial charge in [-0.25, -0.2) is 0 Å². The fraction of sp³-hybridized carbons (Fsp3) is 1.00. The van der Waals surface area contributed by atoms with Gasteiger partial charge >= 0.3 is 0 Å². The second-order valence-corrected chi connectivity index (χ2v) is 6.40. The van der Waals surface area contributed by atoms with Crippen molar-refractivity contribution in [3.63, 3.8) is 0 Å². The van der Waals surface area contributed by atoms with E-state index in [4.69, 9.17) is 0 Å². The maximum atomic E-state index is 10.7. The van der Waals surface area contributed by atoms with E-state index in [0.29, 0.717) is 11.3 Å². The zero-order chi connectivity index (χ0) is 11.6. The molecule has 2 rings (SSSR count). The molecule has 0 spiro atoms. The summed E-state index contributed by atoms with van der Waals surface area (Å²) in [4.78, 5) is 0. The summed E-state index contributed by atoms with van der Waals surface area (Å²) in [6.07, 6.45) is 11.6. The van der Waals surface area contributed by atoms with Crippen molar-refractivity contribution in [1.82, 2.24) is 0 Å². The predicted molar refractivity (Wildman–Crippen MR) is 68.3 cm³/mol. The minimum atomic E-state index is -0.0113. The summed E-state index contributed by atoms with van der Waals surface area (Å²) in [5, 5.41) is 10.7. The summed E-state index contributed by atoms with van der Waals surface area (Å²) in [6, 6.07) is 0. The van der Waals surface area contributed by atoms with E-state index >= 15 is 0 Å². The highest BCUT2D eigenvalue weighted by atomic mass is 16.3. The van der Waals surface area contributed by atoms with Gasteiger partial charge in [0.15, 0.2) is 0 Å². The zero-order valence-electron chi connectivity index (χ0n) is 11.0. The smallest absolute Gasteiger partial charge is 0.0624 e.